The summed E-state index contributed by atoms with van der Waals surface area (Å²) in [6.45, 7) is 1.83. The fraction of sp³-hybridized carbons (Fsp3) is 0.364. The van der Waals surface area contributed by atoms with Gasteiger partial charge >= 0.3 is 12.1 Å². The molecule has 0 aliphatic carbocycles. The Morgan fingerprint density at radius 2 is 1.71 bits per heavy atom. The van der Waals surface area contributed by atoms with Crippen molar-refractivity contribution in [2.45, 2.75) is 62.2 Å². The second-order valence-electron chi connectivity index (χ2n) is 11.6. The van der Waals surface area contributed by atoms with Crippen LogP contribution in [0, 0.1) is 5.92 Å². The number of benzene rings is 3. The number of alkyl halides is 3. The standard InChI is InChI=1S/C33H33F3N6O5S/c1-20-27(19-48-32-38-39-40-42(32)25-6-3-2-4-7-25)46-30(47-28(20)22-11-9-21(18-43)10-12-22)23-13-15-24(16-14-23)37-29(44)26-8-5-17-41(26)31(45)33(34,35)36/h2-4,6-7,9-16,20,26-28,30,43H,5,8,17-19H2,1H3,(H,37,44)/t20-,26-,27+,28+,30+/m0/s1. The number of carbonyl (C=O) groups excluding carboxylic acids is 2. The molecule has 11 nitrogen and oxygen atoms in total. The van der Waals surface area contributed by atoms with Crippen molar-refractivity contribution in [1.82, 2.24) is 25.1 Å². The molecule has 252 valence electrons. The molecule has 2 saturated heterocycles. The number of aromatic nitrogens is 4. The van der Waals surface area contributed by atoms with E-state index in [1.165, 1.54) is 11.8 Å². The molecule has 6 rings (SSSR count). The minimum absolute atomic E-state index is 0.0806. The topological polar surface area (TPSA) is 132 Å². The van der Waals surface area contributed by atoms with E-state index in [9.17, 15) is 27.9 Å². The van der Waals surface area contributed by atoms with Crippen molar-refractivity contribution in [3.63, 3.8) is 0 Å². The highest BCUT2D eigenvalue weighted by Gasteiger charge is 2.47. The lowest BCUT2D eigenvalue weighted by Crippen LogP contribution is -2.48. The quantitative estimate of drug-likeness (QED) is 0.228. The third-order valence-corrected chi connectivity index (χ3v) is 9.46. The SMILES string of the molecule is C[C@H]1[C@@H](CSc2nnnn2-c2ccccc2)O[C@@H](c2ccc(NC(=O)[C@@H]3CCCN3C(=O)C(F)(F)F)cc2)O[C@H]1c1ccc(CO)cc1. The van der Waals surface area contributed by atoms with Gasteiger partial charge in [-0.05, 0) is 58.7 Å². The number of rotatable bonds is 9. The third kappa shape index (κ3) is 7.38. The summed E-state index contributed by atoms with van der Waals surface area (Å²) >= 11 is 1.45. The van der Waals surface area contributed by atoms with Crippen molar-refractivity contribution in [2.24, 2.45) is 5.92 Å². The predicted octanol–water partition coefficient (Wildman–Crippen LogP) is 5.23. The van der Waals surface area contributed by atoms with Crippen LogP contribution in [0.5, 0.6) is 0 Å². The molecule has 5 atom stereocenters. The Morgan fingerprint density at radius 1 is 1.00 bits per heavy atom. The van der Waals surface area contributed by atoms with Crippen LogP contribution in [0.3, 0.4) is 0 Å². The number of thioether (sulfide) groups is 1. The number of hydrogen-bond donors (Lipinski definition) is 2. The number of nitrogens with one attached hydrogen (secondary N) is 1. The maximum absolute atomic E-state index is 13.0. The van der Waals surface area contributed by atoms with E-state index < -0.39 is 30.3 Å². The molecule has 4 aromatic rings. The number of nitrogens with zero attached hydrogens (tertiary/aromatic N) is 5. The molecular weight excluding hydrogens is 649 g/mol. The van der Waals surface area contributed by atoms with E-state index in [4.69, 9.17) is 9.47 Å². The van der Waals surface area contributed by atoms with Crippen LogP contribution in [0.1, 0.15) is 48.8 Å². The minimum Gasteiger partial charge on any atom is -0.392 e. The molecule has 2 fully saturated rings. The number of carbonyl (C=O) groups is 2. The van der Waals surface area contributed by atoms with Crippen molar-refractivity contribution < 1.29 is 37.3 Å². The zero-order valence-corrected chi connectivity index (χ0v) is 26.6. The van der Waals surface area contributed by atoms with Crippen LogP contribution in [0.4, 0.5) is 18.9 Å². The molecule has 0 unspecified atom stereocenters. The van der Waals surface area contributed by atoms with E-state index in [1.807, 2.05) is 61.5 Å². The minimum atomic E-state index is -5.05. The highest BCUT2D eigenvalue weighted by molar-refractivity contribution is 7.99. The van der Waals surface area contributed by atoms with Crippen LogP contribution in [0.25, 0.3) is 5.69 Å². The Kier molecular flexibility index (Phi) is 10.1. The van der Waals surface area contributed by atoms with E-state index in [0.29, 0.717) is 33.5 Å². The van der Waals surface area contributed by atoms with Gasteiger partial charge in [-0.1, -0.05) is 73.3 Å². The zero-order chi connectivity index (χ0) is 33.8. The van der Waals surface area contributed by atoms with Crippen molar-refractivity contribution in [3.05, 3.63) is 95.6 Å². The lowest BCUT2D eigenvalue weighted by Gasteiger charge is -2.41. The number of aliphatic hydroxyl groups excluding tert-OH is 1. The molecule has 3 heterocycles. The molecule has 2 N–H and O–H groups in total. The highest BCUT2D eigenvalue weighted by atomic mass is 32.2. The molecular formula is C33H33F3N6O5S. The molecule has 3 aromatic carbocycles. The molecule has 15 heteroatoms. The Bertz CT molecular complexity index is 1710. The molecule has 48 heavy (non-hydrogen) atoms. The van der Waals surface area contributed by atoms with E-state index >= 15 is 0 Å². The Hall–Kier alpha value is -4.31. The number of amides is 2. The van der Waals surface area contributed by atoms with Crippen molar-refractivity contribution >= 4 is 29.3 Å². The second kappa shape index (κ2) is 14.4. The summed E-state index contributed by atoms with van der Waals surface area (Å²) in [5.74, 6) is -2.29. The van der Waals surface area contributed by atoms with Gasteiger partial charge in [0.2, 0.25) is 11.1 Å². The average molecular weight is 683 g/mol. The highest BCUT2D eigenvalue weighted by Crippen LogP contribution is 2.43. The van der Waals surface area contributed by atoms with Crippen LogP contribution in [-0.2, 0) is 25.7 Å². The van der Waals surface area contributed by atoms with Crippen LogP contribution < -0.4 is 5.32 Å². The number of aliphatic hydroxyl groups is 1. The molecule has 0 spiro atoms. The maximum atomic E-state index is 13.0. The lowest BCUT2D eigenvalue weighted by molar-refractivity contribution is -0.268. The van der Waals surface area contributed by atoms with E-state index in [2.05, 4.69) is 20.8 Å². The summed E-state index contributed by atoms with van der Waals surface area (Å²) in [4.78, 5) is 25.3. The van der Waals surface area contributed by atoms with Gasteiger partial charge < -0.3 is 24.8 Å². The second-order valence-corrected chi connectivity index (χ2v) is 12.6. The zero-order valence-electron chi connectivity index (χ0n) is 25.8. The fourth-order valence-corrected chi connectivity index (χ4v) is 6.91. The van der Waals surface area contributed by atoms with Gasteiger partial charge in [0, 0.05) is 29.5 Å². The molecule has 2 aliphatic rings. The fourth-order valence-electron chi connectivity index (χ4n) is 5.86. The Morgan fingerprint density at radius 3 is 2.40 bits per heavy atom. The normalized spacial score (nSPS) is 22.9. The predicted molar refractivity (Wildman–Crippen MR) is 169 cm³/mol. The van der Waals surface area contributed by atoms with Crippen LogP contribution >= 0.6 is 11.8 Å². The van der Waals surface area contributed by atoms with E-state index in [0.717, 1.165) is 16.8 Å². The molecule has 0 saturated carbocycles. The third-order valence-electron chi connectivity index (χ3n) is 8.45. The number of tetrazole rings is 1. The number of anilines is 1. The van der Waals surface area contributed by atoms with Crippen LogP contribution in [0.15, 0.2) is 84.0 Å². The Balaban J connectivity index is 1.18. The van der Waals surface area contributed by atoms with E-state index in [1.54, 1.807) is 28.9 Å². The first-order valence-electron chi connectivity index (χ1n) is 15.4. The largest absolute Gasteiger partial charge is 0.471 e. The molecule has 2 aliphatic heterocycles. The molecule has 0 radical (unpaired) electrons. The Labute approximate surface area is 278 Å². The van der Waals surface area contributed by atoms with Crippen molar-refractivity contribution in [1.29, 1.82) is 0 Å². The number of hydrogen-bond acceptors (Lipinski definition) is 9. The van der Waals surface area contributed by atoms with Gasteiger partial charge in [0.15, 0.2) is 6.29 Å². The summed E-state index contributed by atoms with van der Waals surface area (Å²) in [6.07, 6.45) is -6.07. The molecule has 2 amide bonds. The van der Waals surface area contributed by atoms with E-state index in [-0.39, 0.29) is 37.7 Å². The van der Waals surface area contributed by atoms with Crippen molar-refractivity contribution in [3.8, 4) is 5.69 Å². The number of para-hydroxylation sites is 1. The van der Waals surface area contributed by atoms with Gasteiger partial charge in [0.25, 0.3) is 0 Å². The van der Waals surface area contributed by atoms with Gasteiger partial charge in [0.1, 0.15) is 6.04 Å². The summed E-state index contributed by atoms with van der Waals surface area (Å²) in [7, 11) is 0. The first-order valence-corrected chi connectivity index (χ1v) is 16.4. The number of ether oxygens (including phenoxy) is 2. The van der Waals surface area contributed by atoms with Crippen LogP contribution in [0.2, 0.25) is 0 Å². The first-order chi connectivity index (χ1) is 23.1. The van der Waals surface area contributed by atoms with Gasteiger partial charge in [-0.2, -0.15) is 17.9 Å². The summed E-state index contributed by atoms with van der Waals surface area (Å²) < 4.78 is 53.8. The molecule has 1 aromatic heterocycles. The van der Waals surface area contributed by atoms with Crippen molar-refractivity contribution in [2.75, 3.05) is 17.6 Å². The summed E-state index contributed by atoms with van der Waals surface area (Å²) in [6, 6.07) is 22.5. The monoisotopic (exact) mass is 682 g/mol. The first kappa shape index (κ1) is 33.6. The summed E-state index contributed by atoms with van der Waals surface area (Å²) in [5, 5.41) is 25.0. The molecule has 0 bridgehead atoms. The average Bonchev–Trinajstić information content (AvgIpc) is 3.78. The van der Waals surface area contributed by atoms with Crippen LogP contribution in [-0.4, -0.2) is 72.6 Å². The maximum Gasteiger partial charge on any atom is 0.471 e. The number of likely N-dealkylation sites (tertiary alicyclic amines) is 1. The van der Waals surface area contributed by atoms with Gasteiger partial charge in [-0.25, -0.2) is 0 Å². The number of halogens is 3. The smallest absolute Gasteiger partial charge is 0.392 e. The van der Waals surface area contributed by atoms with Gasteiger partial charge in [-0.15, -0.1) is 5.10 Å². The van der Waals surface area contributed by atoms with Gasteiger partial charge in [0.05, 0.1) is 24.5 Å². The summed E-state index contributed by atoms with van der Waals surface area (Å²) in [5.41, 5.74) is 3.53. The lowest BCUT2D eigenvalue weighted by atomic mass is 9.91. The van der Waals surface area contributed by atoms with Gasteiger partial charge in [-0.3, -0.25) is 9.59 Å².